The molecule has 0 fully saturated rings. The Hall–Kier alpha value is -5.29. The third kappa shape index (κ3) is 5.91. The first-order valence-electron chi connectivity index (χ1n) is 11.9. The molecule has 0 atom stereocenters. The molecule has 5 aromatic rings. The van der Waals surface area contributed by atoms with E-state index in [1.165, 1.54) is 12.1 Å². The maximum absolute atomic E-state index is 12.6. The molecule has 0 amide bonds. The largest absolute Gasteiger partial charge is 0.507 e. The molecular formula is C33H24O5. The van der Waals surface area contributed by atoms with Gasteiger partial charge in [0.2, 0.25) is 5.78 Å². The molecular weight excluding hydrogens is 476 g/mol. The Morgan fingerprint density at radius 2 is 0.737 bits per heavy atom. The molecule has 38 heavy (non-hydrogen) atoms. The minimum absolute atomic E-state index is 0.0294. The molecule has 2 N–H and O–H groups in total. The summed E-state index contributed by atoms with van der Waals surface area (Å²) in [6.45, 7) is 0. The number of aromatic hydroxyl groups is 2. The predicted molar refractivity (Wildman–Crippen MR) is 146 cm³/mol. The van der Waals surface area contributed by atoms with Crippen molar-refractivity contribution in [2.24, 2.45) is 0 Å². The van der Waals surface area contributed by atoms with Gasteiger partial charge < -0.3 is 10.2 Å². The molecule has 0 saturated heterocycles. The topological polar surface area (TPSA) is 91.7 Å². The van der Waals surface area contributed by atoms with E-state index >= 15 is 0 Å². The summed E-state index contributed by atoms with van der Waals surface area (Å²) < 4.78 is 0. The SMILES string of the molecule is O=C(c1ccccc1)c1ccc(O)c(C(=O)c2ccccc2)c1O.O=C(c1ccccc1)c1ccccc1. The molecule has 0 radical (unpaired) electrons. The highest BCUT2D eigenvalue weighted by molar-refractivity contribution is 6.17. The van der Waals surface area contributed by atoms with Crippen LogP contribution in [0.3, 0.4) is 0 Å². The first-order chi connectivity index (χ1) is 18.5. The monoisotopic (exact) mass is 500 g/mol. The predicted octanol–water partition coefficient (Wildman–Crippen LogP) is 6.48. The van der Waals surface area contributed by atoms with Gasteiger partial charge in [-0.05, 0) is 12.1 Å². The molecule has 0 aliphatic rings. The van der Waals surface area contributed by atoms with E-state index in [9.17, 15) is 24.6 Å². The van der Waals surface area contributed by atoms with Crippen LogP contribution in [0.2, 0.25) is 0 Å². The average molecular weight is 501 g/mol. The van der Waals surface area contributed by atoms with Crippen LogP contribution in [0.25, 0.3) is 0 Å². The lowest BCUT2D eigenvalue weighted by molar-refractivity contribution is 0.102. The Kier molecular flexibility index (Phi) is 8.21. The van der Waals surface area contributed by atoms with Gasteiger partial charge in [-0.2, -0.15) is 0 Å². The second-order valence-corrected chi connectivity index (χ2v) is 8.31. The van der Waals surface area contributed by atoms with Crippen molar-refractivity contribution in [3.05, 3.63) is 167 Å². The standard InChI is InChI=1S/C20H14O4.C13H10O/c21-16-12-11-15(18(22)13-7-3-1-4-8-13)20(24)17(16)19(23)14-9-5-2-6-10-14;14-13(11-7-3-1-4-8-11)12-9-5-2-6-10-12/h1-12,21,24H;1-10H. The van der Waals surface area contributed by atoms with Crippen LogP contribution in [0, 0.1) is 0 Å². The van der Waals surface area contributed by atoms with Crippen molar-refractivity contribution < 1.29 is 24.6 Å². The lowest BCUT2D eigenvalue weighted by Crippen LogP contribution is -2.07. The second kappa shape index (κ2) is 12.1. The van der Waals surface area contributed by atoms with E-state index in [0.29, 0.717) is 11.1 Å². The van der Waals surface area contributed by atoms with Crippen molar-refractivity contribution in [2.75, 3.05) is 0 Å². The first kappa shape index (κ1) is 25.8. The average Bonchev–Trinajstić information content (AvgIpc) is 2.98. The molecule has 0 aliphatic carbocycles. The van der Waals surface area contributed by atoms with E-state index in [-0.39, 0.29) is 22.7 Å². The number of carbonyl (C=O) groups is 3. The fourth-order valence-electron chi connectivity index (χ4n) is 3.81. The Balaban J connectivity index is 0.000000204. The Labute approximate surface area is 220 Å². The third-order valence-corrected chi connectivity index (χ3v) is 5.77. The van der Waals surface area contributed by atoms with E-state index in [0.717, 1.165) is 11.1 Å². The number of ketones is 3. The van der Waals surface area contributed by atoms with Gasteiger partial charge in [0.25, 0.3) is 0 Å². The quantitative estimate of drug-likeness (QED) is 0.261. The summed E-state index contributed by atoms with van der Waals surface area (Å²) in [7, 11) is 0. The van der Waals surface area contributed by atoms with E-state index in [1.807, 2.05) is 60.7 Å². The normalized spacial score (nSPS) is 10.1. The smallest absolute Gasteiger partial charge is 0.200 e. The Morgan fingerprint density at radius 1 is 0.395 bits per heavy atom. The third-order valence-electron chi connectivity index (χ3n) is 5.77. The lowest BCUT2D eigenvalue weighted by atomic mass is 9.95. The molecule has 186 valence electrons. The van der Waals surface area contributed by atoms with E-state index in [2.05, 4.69) is 0 Å². The van der Waals surface area contributed by atoms with Crippen LogP contribution in [-0.2, 0) is 0 Å². The Morgan fingerprint density at radius 3 is 1.13 bits per heavy atom. The summed E-state index contributed by atoms with van der Waals surface area (Å²) in [6, 6.07) is 37.9. The van der Waals surface area contributed by atoms with Crippen LogP contribution in [0.1, 0.15) is 47.8 Å². The van der Waals surface area contributed by atoms with Gasteiger partial charge in [-0.3, -0.25) is 14.4 Å². The van der Waals surface area contributed by atoms with Gasteiger partial charge in [-0.25, -0.2) is 0 Å². The molecule has 0 heterocycles. The number of hydrogen-bond acceptors (Lipinski definition) is 5. The van der Waals surface area contributed by atoms with Crippen LogP contribution in [-0.4, -0.2) is 27.6 Å². The van der Waals surface area contributed by atoms with E-state index < -0.39 is 17.3 Å². The summed E-state index contributed by atoms with van der Waals surface area (Å²) in [5.41, 5.74) is 1.86. The summed E-state index contributed by atoms with van der Waals surface area (Å²) >= 11 is 0. The van der Waals surface area contributed by atoms with E-state index in [1.54, 1.807) is 60.7 Å². The number of phenols is 2. The Bertz CT molecular complexity index is 1500. The number of benzene rings is 5. The van der Waals surface area contributed by atoms with Gasteiger partial charge in [0.05, 0.1) is 5.56 Å². The number of hydrogen-bond donors (Lipinski definition) is 2. The molecule has 0 spiro atoms. The maximum Gasteiger partial charge on any atom is 0.200 e. The molecule has 0 aromatic heterocycles. The van der Waals surface area contributed by atoms with Crippen molar-refractivity contribution in [3.8, 4) is 11.5 Å². The molecule has 5 rings (SSSR count). The van der Waals surface area contributed by atoms with Crippen molar-refractivity contribution in [2.45, 2.75) is 0 Å². The molecule has 5 heteroatoms. The zero-order chi connectivity index (χ0) is 26.9. The highest BCUT2D eigenvalue weighted by atomic mass is 16.3. The van der Waals surface area contributed by atoms with Gasteiger partial charge in [-0.15, -0.1) is 0 Å². The molecule has 0 aliphatic heterocycles. The molecule has 5 nitrogen and oxygen atoms in total. The summed E-state index contributed by atoms with van der Waals surface area (Å²) in [5, 5.41) is 20.4. The number of rotatable bonds is 6. The first-order valence-corrected chi connectivity index (χ1v) is 11.9. The summed E-state index contributed by atoms with van der Waals surface area (Å²) in [6.07, 6.45) is 0. The zero-order valence-corrected chi connectivity index (χ0v) is 20.3. The highest BCUT2D eigenvalue weighted by Crippen LogP contribution is 2.33. The zero-order valence-electron chi connectivity index (χ0n) is 20.3. The second-order valence-electron chi connectivity index (χ2n) is 8.31. The van der Waals surface area contributed by atoms with Gasteiger partial charge in [0.15, 0.2) is 11.6 Å². The van der Waals surface area contributed by atoms with Gasteiger partial charge in [-0.1, -0.05) is 121 Å². The van der Waals surface area contributed by atoms with Crippen molar-refractivity contribution in [3.63, 3.8) is 0 Å². The highest BCUT2D eigenvalue weighted by Gasteiger charge is 2.24. The minimum Gasteiger partial charge on any atom is -0.507 e. The van der Waals surface area contributed by atoms with Gasteiger partial charge >= 0.3 is 0 Å². The maximum atomic E-state index is 12.6. The molecule has 0 unspecified atom stereocenters. The number of phenolic OH excluding ortho intramolecular Hbond substituents is 2. The van der Waals surface area contributed by atoms with E-state index in [4.69, 9.17) is 0 Å². The van der Waals surface area contributed by atoms with Crippen LogP contribution in [0.4, 0.5) is 0 Å². The number of carbonyl (C=O) groups excluding carboxylic acids is 3. The van der Waals surface area contributed by atoms with Crippen molar-refractivity contribution in [1.29, 1.82) is 0 Å². The van der Waals surface area contributed by atoms with Gasteiger partial charge in [0.1, 0.15) is 17.1 Å². The fourth-order valence-corrected chi connectivity index (χ4v) is 3.81. The minimum atomic E-state index is -0.548. The van der Waals surface area contributed by atoms with Crippen molar-refractivity contribution in [1.82, 2.24) is 0 Å². The van der Waals surface area contributed by atoms with Crippen LogP contribution in [0.5, 0.6) is 11.5 Å². The molecule has 5 aromatic carbocycles. The summed E-state index contributed by atoms with van der Waals surface area (Å²) in [4.78, 5) is 37.0. The van der Waals surface area contributed by atoms with Crippen LogP contribution < -0.4 is 0 Å². The summed E-state index contributed by atoms with van der Waals surface area (Å²) in [5.74, 6) is -1.78. The van der Waals surface area contributed by atoms with Crippen molar-refractivity contribution >= 4 is 17.3 Å². The van der Waals surface area contributed by atoms with Gasteiger partial charge in [0, 0.05) is 22.3 Å². The van der Waals surface area contributed by atoms with Crippen LogP contribution >= 0.6 is 0 Å². The fraction of sp³-hybridized carbons (Fsp3) is 0. The lowest BCUT2D eigenvalue weighted by Gasteiger charge is -2.11. The molecule has 0 saturated carbocycles. The molecule has 0 bridgehead atoms. The van der Waals surface area contributed by atoms with Crippen LogP contribution in [0.15, 0.2) is 133 Å².